The highest BCUT2D eigenvalue weighted by Gasteiger charge is 2.27. The number of methoxy groups -OCH3 is 1. The van der Waals surface area contributed by atoms with Crippen molar-refractivity contribution in [3.63, 3.8) is 0 Å². The van der Waals surface area contributed by atoms with Crippen molar-refractivity contribution in [1.29, 1.82) is 0 Å². The Kier molecular flexibility index (Phi) is 2.62. The number of hydrogen-bond donors (Lipinski definition) is 2. The predicted octanol–water partition coefficient (Wildman–Crippen LogP) is 3.19. The van der Waals surface area contributed by atoms with Crippen molar-refractivity contribution in [3.05, 3.63) is 42.3 Å². The van der Waals surface area contributed by atoms with E-state index >= 15 is 0 Å². The number of aromatic amines is 1. The number of ether oxygens (including phenoxy) is 1. The van der Waals surface area contributed by atoms with Gasteiger partial charge in [-0.2, -0.15) is 0 Å². The molecule has 3 heteroatoms. The van der Waals surface area contributed by atoms with Gasteiger partial charge in [-0.15, -0.1) is 0 Å². The fourth-order valence-electron chi connectivity index (χ4n) is 1.89. The maximum Gasteiger partial charge on any atom is 0.0998 e. The van der Waals surface area contributed by atoms with Crippen LogP contribution in [0.5, 0.6) is 0 Å². The fraction of sp³-hybridized carbons (Fsp3) is 0.286. The van der Waals surface area contributed by atoms with Gasteiger partial charge in [-0.1, -0.05) is 6.58 Å². The summed E-state index contributed by atoms with van der Waals surface area (Å²) in [6, 6.07) is 7.93. The maximum atomic E-state index is 5.77. The van der Waals surface area contributed by atoms with Crippen LogP contribution in [-0.2, 0) is 10.2 Å². The number of hydrogen-bond acceptors (Lipinski definition) is 2. The highest BCUT2D eigenvalue weighted by atomic mass is 16.5. The monoisotopic (exact) mass is 230 g/mol. The number of anilines is 1. The van der Waals surface area contributed by atoms with Gasteiger partial charge >= 0.3 is 0 Å². The molecular formula is C14H18N2O. The van der Waals surface area contributed by atoms with E-state index in [1.54, 1.807) is 7.11 Å². The predicted molar refractivity (Wildman–Crippen MR) is 71.9 cm³/mol. The third kappa shape index (κ3) is 1.88. The minimum Gasteiger partial charge on any atom is -0.501 e. The molecule has 0 aliphatic heterocycles. The van der Waals surface area contributed by atoms with E-state index in [1.807, 2.05) is 18.2 Å². The van der Waals surface area contributed by atoms with Crippen LogP contribution in [0.25, 0.3) is 10.9 Å². The number of H-pyrrole nitrogens is 1. The first-order chi connectivity index (χ1) is 7.95. The summed E-state index contributed by atoms with van der Waals surface area (Å²) in [5, 5.41) is 1.11. The Morgan fingerprint density at radius 2 is 2.06 bits per heavy atom. The Labute approximate surface area is 101 Å². The fourth-order valence-corrected chi connectivity index (χ4v) is 1.89. The lowest BCUT2D eigenvalue weighted by molar-refractivity contribution is 0.235. The van der Waals surface area contributed by atoms with E-state index in [0.29, 0.717) is 0 Å². The van der Waals surface area contributed by atoms with E-state index in [9.17, 15) is 0 Å². The quantitative estimate of drug-likeness (QED) is 0.628. The molecule has 0 amide bonds. The molecule has 0 saturated carbocycles. The standard InChI is InChI=1S/C14H18N2O/c1-9(17-4)14(2,3)13-8-10-7-11(15)5-6-12(10)16-13/h5-8,16H,1,15H2,2-4H3. The van der Waals surface area contributed by atoms with Crippen LogP contribution in [0.1, 0.15) is 19.5 Å². The molecule has 0 spiro atoms. The van der Waals surface area contributed by atoms with Crippen LogP contribution in [-0.4, -0.2) is 12.1 Å². The summed E-state index contributed by atoms with van der Waals surface area (Å²) in [4.78, 5) is 3.38. The summed E-state index contributed by atoms with van der Waals surface area (Å²) in [5.74, 6) is 0.733. The van der Waals surface area contributed by atoms with Crippen molar-refractivity contribution in [1.82, 2.24) is 4.98 Å². The molecule has 0 bridgehead atoms. The van der Waals surface area contributed by atoms with E-state index in [2.05, 4.69) is 31.5 Å². The molecule has 1 heterocycles. The molecule has 0 fully saturated rings. The van der Waals surface area contributed by atoms with Crippen LogP contribution >= 0.6 is 0 Å². The topological polar surface area (TPSA) is 51.0 Å². The Morgan fingerprint density at radius 3 is 2.71 bits per heavy atom. The Bertz CT molecular complexity index is 567. The van der Waals surface area contributed by atoms with Crippen LogP contribution in [0.2, 0.25) is 0 Å². The van der Waals surface area contributed by atoms with E-state index in [1.165, 1.54) is 0 Å². The molecule has 1 aromatic carbocycles. The molecule has 1 aromatic heterocycles. The summed E-state index contributed by atoms with van der Waals surface area (Å²) in [6.45, 7) is 8.09. The maximum absolute atomic E-state index is 5.77. The van der Waals surface area contributed by atoms with E-state index in [0.717, 1.165) is 28.0 Å². The normalized spacial score (nSPS) is 11.7. The molecule has 3 N–H and O–H groups in total. The zero-order chi connectivity index (χ0) is 12.6. The van der Waals surface area contributed by atoms with Crippen LogP contribution in [0.15, 0.2) is 36.6 Å². The first-order valence-corrected chi connectivity index (χ1v) is 5.57. The first kappa shape index (κ1) is 11.6. The molecule has 17 heavy (non-hydrogen) atoms. The SMILES string of the molecule is C=C(OC)C(C)(C)c1cc2cc(N)ccc2[nH]1. The largest absolute Gasteiger partial charge is 0.501 e. The molecule has 2 aromatic rings. The number of nitrogens with two attached hydrogens (primary N) is 1. The zero-order valence-electron chi connectivity index (χ0n) is 10.5. The van der Waals surface area contributed by atoms with Crippen LogP contribution in [0.3, 0.4) is 0 Å². The van der Waals surface area contributed by atoms with Crippen molar-refractivity contribution >= 4 is 16.6 Å². The van der Waals surface area contributed by atoms with E-state index < -0.39 is 0 Å². The molecule has 2 rings (SSSR count). The Morgan fingerprint density at radius 1 is 1.35 bits per heavy atom. The number of aromatic nitrogens is 1. The van der Waals surface area contributed by atoms with Gasteiger partial charge in [0.1, 0.15) is 0 Å². The number of benzene rings is 1. The third-order valence-corrected chi connectivity index (χ3v) is 3.26. The van der Waals surface area contributed by atoms with Gasteiger partial charge in [0.05, 0.1) is 18.3 Å². The minimum atomic E-state index is -0.247. The minimum absolute atomic E-state index is 0.247. The molecule has 0 unspecified atom stereocenters. The lowest BCUT2D eigenvalue weighted by atomic mass is 9.87. The number of rotatable bonds is 3. The number of allylic oxidation sites excluding steroid dienone is 1. The van der Waals surface area contributed by atoms with Crippen molar-refractivity contribution in [3.8, 4) is 0 Å². The summed E-state index contributed by atoms with van der Waals surface area (Å²) in [5.41, 5.74) is 8.44. The molecule has 0 aliphatic carbocycles. The van der Waals surface area contributed by atoms with E-state index in [-0.39, 0.29) is 5.41 Å². The van der Waals surface area contributed by atoms with Crippen molar-refractivity contribution in [2.45, 2.75) is 19.3 Å². The second kappa shape index (κ2) is 3.84. The second-order valence-corrected chi connectivity index (χ2v) is 4.78. The van der Waals surface area contributed by atoms with Crippen molar-refractivity contribution in [2.75, 3.05) is 12.8 Å². The van der Waals surface area contributed by atoms with Gasteiger partial charge in [-0.3, -0.25) is 0 Å². The van der Waals surface area contributed by atoms with Gasteiger partial charge < -0.3 is 15.5 Å². The summed E-state index contributed by atoms with van der Waals surface area (Å²) in [7, 11) is 1.64. The van der Waals surface area contributed by atoms with Gasteiger partial charge in [-0.25, -0.2) is 0 Å². The third-order valence-electron chi connectivity index (χ3n) is 3.26. The second-order valence-electron chi connectivity index (χ2n) is 4.78. The van der Waals surface area contributed by atoms with Gasteiger partial charge in [0.2, 0.25) is 0 Å². The molecule has 0 aliphatic rings. The molecule has 0 radical (unpaired) electrons. The highest BCUT2D eigenvalue weighted by molar-refractivity contribution is 5.84. The average Bonchev–Trinajstić information content (AvgIpc) is 2.71. The summed E-state index contributed by atoms with van der Waals surface area (Å²) < 4.78 is 5.25. The van der Waals surface area contributed by atoms with Gasteiger partial charge in [0.25, 0.3) is 0 Å². The summed E-state index contributed by atoms with van der Waals surface area (Å²) >= 11 is 0. The van der Waals surface area contributed by atoms with Crippen LogP contribution in [0, 0.1) is 0 Å². The lowest BCUT2D eigenvalue weighted by Gasteiger charge is -2.24. The number of nitrogens with one attached hydrogen (secondary N) is 1. The van der Waals surface area contributed by atoms with Crippen molar-refractivity contribution < 1.29 is 4.74 Å². The highest BCUT2D eigenvalue weighted by Crippen LogP contribution is 2.32. The Balaban J connectivity index is 2.53. The van der Waals surface area contributed by atoms with Crippen LogP contribution in [0.4, 0.5) is 5.69 Å². The molecule has 0 atom stereocenters. The van der Waals surface area contributed by atoms with Crippen molar-refractivity contribution in [2.24, 2.45) is 0 Å². The zero-order valence-corrected chi connectivity index (χ0v) is 10.5. The molecule has 3 nitrogen and oxygen atoms in total. The molecule has 90 valence electrons. The molecule has 0 saturated heterocycles. The first-order valence-electron chi connectivity index (χ1n) is 5.57. The lowest BCUT2D eigenvalue weighted by Crippen LogP contribution is -2.21. The number of nitrogen functional groups attached to an aromatic ring is 1. The van der Waals surface area contributed by atoms with Crippen LogP contribution < -0.4 is 5.73 Å². The van der Waals surface area contributed by atoms with E-state index in [4.69, 9.17) is 10.5 Å². The Hall–Kier alpha value is -1.90. The van der Waals surface area contributed by atoms with Gasteiger partial charge in [0, 0.05) is 22.3 Å². The van der Waals surface area contributed by atoms with Gasteiger partial charge in [-0.05, 0) is 38.1 Å². The number of fused-ring (bicyclic) bond motifs is 1. The average molecular weight is 230 g/mol. The smallest absolute Gasteiger partial charge is 0.0998 e. The summed E-state index contributed by atoms with van der Waals surface area (Å²) in [6.07, 6.45) is 0. The molecular weight excluding hydrogens is 212 g/mol. The van der Waals surface area contributed by atoms with Gasteiger partial charge in [0.15, 0.2) is 0 Å².